The van der Waals surface area contributed by atoms with Gasteiger partial charge in [-0.25, -0.2) is 22.2 Å². The van der Waals surface area contributed by atoms with Crippen molar-refractivity contribution >= 4 is 27.0 Å². The second-order valence-corrected chi connectivity index (χ2v) is 7.75. The van der Waals surface area contributed by atoms with Gasteiger partial charge in [-0.2, -0.15) is 4.31 Å². The first-order valence-corrected chi connectivity index (χ1v) is 8.09. The summed E-state index contributed by atoms with van der Waals surface area (Å²) in [4.78, 5) is 3.94. The maximum atomic E-state index is 13.7. The number of rotatable bonds is 4. The van der Waals surface area contributed by atoms with Gasteiger partial charge in [-0.1, -0.05) is 0 Å². The molecule has 1 heterocycles. The second-order valence-electron chi connectivity index (χ2n) is 4.42. The minimum absolute atomic E-state index is 0.0176. The lowest BCUT2D eigenvalue weighted by atomic mass is 10.3. The number of anilines is 1. The number of nitrogen functional groups attached to an aromatic ring is 1. The van der Waals surface area contributed by atoms with E-state index in [4.69, 9.17) is 5.73 Å². The molecular formula is C12H13F2N3O2S2. The van der Waals surface area contributed by atoms with Crippen LogP contribution in [0, 0.1) is 18.6 Å². The summed E-state index contributed by atoms with van der Waals surface area (Å²) in [7, 11) is -2.90. The zero-order valence-electron chi connectivity index (χ0n) is 11.3. The van der Waals surface area contributed by atoms with Crippen LogP contribution in [0.5, 0.6) is 0 Å². The van der Waals surface area contributed by atoms with Crippen molar-refractivity contribution in [2.24, 2.45) is 0 Å². The summed E-state index contributed by atoms with van der Waals surface area (Å²) >= 11 is 1.33. The van der Waals surface area contributed by atoms with E-state index in [0.29, 0.717) is 4.88 Å². The Labute approximate surface area is 125 Å². The summed E-state index contributed by atoms with van der Waals surface area (Å²) in [6, 6.07) is 1.64. The predicted molar refractivity (Wildman–Crippen MR) is 76.3 cm³/mol. The Kier molecular flexibility index (Phi) is 4.26. The van der Waals surface area contributed by atoms with Gasteiger partial charge in [-0.15, -0.1) is 11.3 Å². The molecule has 9 heteroatoms. The van der Waals surface area contributed by atoms with Gasteiger partial charge >= 0.3 is 0 Å². The van der Waals surface area contributed by atoms with Gasteiger partial charge in [0.05, 0.1) is 5.01 Å². The molecule has 0 fully saturated rings. The molecule has 5 nitrogen and oxygen atoms in total. The van der Waals surface area contributed by atoms with Gasteiger partial charge in [-0.3, -0.25) is 0 Å². The Morgan fingerprint density at radius 3 is 2.62 bits per heavy atom. The molecule has 0 aliphatic heterocycles. The van der Waals surface area contributed by atoms with Crippen LogP contribution in [0.25, 0.3) is 0 Å². The van der Waals surface area contributed by atoms with E-state index in [1.807, 2.05) is 0 Å². The second kappa shape index (κ2) is 5.66. The van der Waals surface area contributed by atoms with E-state index in [2.05, 4.69) is 4.98 Å². The lowest BCUT2D eigenvalue weighted by Gasteiger charge is -2.17. The number of sulfonamides is 1. The normalized spacial score (nSPS) is 12.0. The highest BCUT2D eigenvalue weighted by Gasteiger charge is 2.27. The highest BCUT2D eigenvalue weighted by Crippen LogP contribution is 2.25. The van der Waals surface area contributed by atoms with Crippen LogP contribution in [0.1, 0.15) is 9.88 Å². The van der Waals surface area contributed by atoms with Gasteiger partial charge < -0.3 is 5.73 Å². The van der Waals surface area contributed by atoms with Gasteiger partial charge in [0.25, 0.3) is 0 Å². The first-order chi connectivity index (χ1) is 9.71. The van der Waals surface area contributed by atoms with Crippen LogP contribution >= 0.6 is 11.3 Å². The summed E-state index contributed by atoms with van der Waals surface area (Å²) in [5.74, 6) is -2.73. The minimum atomic E-state index is -4.19. The summed E-state index contributed by atoms with van der Waals surface area (Å²) in [6.45, 7) is 1.80. The van der Waals surface area contributed by atoms with E-state index in [-0.39, 0.29) is 12.2 Å². The smallest absolute Gasteiger partial charge is 0.246 e. The molecule has 2 N–H and O–H groups in total. The van der Waals surface area contributed by atoms with E-state index in [1.54, 1.807) is 13.1 Å². The van der Waals surface area contributed by atoms with Crippen LogP contribution in [-0.4, -0.2) is 24.8 Å². The maximum absolute atomic E-state index is 13.7. The van der Waals surface area contributed by atoms with Crippen LogP contribution < -0.4 is 5.73 Å². The number of halogens is 2. The zero-order valence-corrected chi connectivity index (χ0v) is 12.9. The number of thiazole rings is 1. The summed E-state index contributed by atoms with van der Waals surface area (Å²) < 4.78 is 52.6. The van der Waals surface area contributed by atoms with Gasteiger partial charge in [0.1, 0.15) is 4.90 Å². The summed E-state index contributed by atoms with van der Waals surface area (Å²) in [6.07, 6.45) is 1.54. The van der Waals surface area contributed by atoms with Crippen molar-refractivity contribution in [3.05, 3.63) is 39.8 Å². The molecule has 0 aliphatic rings. The standard InChI is InChI=1S/C12H13F2N3O2S2/c1-7-16-5-9(20-7)6-17(2)21(18,19)11-4-8(15)3-10(13)12(11)14/h3-5H,6,15H2,1-2H3. The molecule has 0 unspecified atom stereocenters. The predicted octanol–water partition coefficient (Wildman–Crippen LogP) is 2.13. The van der Waals surface area contributed by atoms with Crippen LogP contribution in [0.2, 0.25) is 0 Å². The van der Waals surface area contributed by atoms with Crippen LogP contribution in [0.15, 0.2) is 23.2 Å². The van der Waals surface area contributed by atoms with Gasteiger partial charge in [0.15, 0.2) is 11.6 Å². The van der Waals surface area contributed by atoms with Gasteiger partial charge in [0.2, 0.25) is 10.0 Å². The lowest BCUT2D eigenvalue weighted by molar-refractivity contribution is 0.449. The topological polar surface area (TPSA) is 76.3 Å². The Morgan fingerprint density at radius 1 is 1.38 bits per heavy atom. The molecule has 0 amide bonds. The van der Waals surface area contributed by atoms with E-state index < -0.39 is 26.6 Å². The van der Waals surface area contributed by atoms with Crippen molar-refractivity contribution in [1.29, 1.82) is 0 Å². The third-order valence-electron chi connectivity index (χ3n) is 2.75. The number of nitrogens with two attached hydrogens (primary N) is 1. The number of aryl methyl sites for hydroxylation is 1. The molecule has 1 aromatic carbocycles. The van der Waals surface area contributed by atoms with Crippen LogP contribution in [-0.2, 0) is 16.6 Å². The van der Waals surface area contributed by atoms with E-state index in [0.717, 1.165) is 21.4 Å². The number of aromatic nitrogens is 1. The molecule has 0 saturated heterocycles. The fraction of sp³-hybridized carbons (Fsp3) is 0.250. The Hall–Kier alpha value is -1.58. The molecular weight excluding hydrogens is 320 g/mol. The average Bonchev–Trinajstić information content (AvgIpc) is 2.79. The van der Waals surface area contributed by atoms with Crippen molar-refractivity contribution in [2.75, 3.05) is 12.8 Å². The largest absolute Gasteiger partial charge is 0.399 e. The van der Waals surface area contributed by atoms with Gasteiger partial charge in [-0.05, 0) is 19.1 Å². The van der Waals surface area contributed by atoms with E-state index in [9.17, 15) is 17.2 Å². The molecule has 114 valence electrons. The quantitative estimate of drug-likeness (QED) is 0.870. The average molecular weight is 333 g/mol. The van der Waals surface area contributed by atoms with Crippen molar-refractivity contribution in [1.82, 2.24) is 9.29 Å². The molecule has 0 spiro atoms. The Balaban J connectivity index is 2.37. The molecule has 21 heavy (non-hydrogen) atoms. The lowest BCUT2D eigenvalue weighted by Crippen LogP contribution is -2.27. The highest BCUT2D eigenvalue weighted by atomic mass is 32.2. The van der Waals surface area contributed by atoms with Crippen LogP contribution in [0.3, 0.4) is 0 Å². The van der Waals surface area contributed by atoms with Crippen LogP contribution in [0.4, 0.5) is 14.5 Å². The molecule has 0 saturated carbocycles. The third-order valence-corrected chi connectivity index (χ3v) is 5.45. The van der Waals surface area contributed by atoms with Crippen molar-refractivity contribution in [2.45, 2.75) is 18.4 Å². The molecule has 0 radical (unpaired) electrons. The fourth-order valence-electron chi connectivity index (χ4n) is 1.72. The Morgan fingerprint density at radius 2 is 2.05 bits per heavy atom. The zero-order chi connectivity index (χ0) is 15.8. The maximum Gasteiger partial charge on any atom is 0.246 e. The Bertz CT molecular complexity index is 775. The first kappa shape index (κ1) is 15.8. The number of nitrogens with zero attached hydrogens (tertiary/aromatic N) is 2. The van der Waals surface area contributed by atoms with E-state index in [1.165, 1.54) is 18.4 Å². The summed E-state index contributed by atoms with van der Waals surface area (Å²) in [5.41, 5.74) is 5.23. The first-order valence-electron chi connectivity index (χ1n) is 5.84. The minimum Gasteiger partial charge on any atom is -0.399 e. The number of hydrogen-bond donors (Lipinski definition) is 1. The van der Waals surface area contributed by atoms with Crippen molar-refractivity contribution in [3.63, 3.8) is 0 Å². The fourth-order valence-corrected chi connectivity index (χ4v) is 3.91. The number of benzene rings is 1. The monoisotopic (exact) mass is 333 g/mol. The van der Waals surface area contributed by atoms with Crippen molar-refractivity contribution in [3.8, 4) is 0 Å². The number of hydrogen-bond acceptors (Lipinski definition) is 5. The molecule has 2 aromatic rings. The van der Waals surface area contributed by atoms with E-state index >= 15 is 0 Å². The SMILES string of the molecule is Cc1ncc(CN(C)S(=O)(=O)c2cc(N)cc(F)c2F)s1. The molecule has 1 aromatic heterocycles. The molecule has 0 atom stereocenters. The molecule has 0 bridgehead atoms. The summed E-state index contributed by atoms with van der Waals surface area (Å²) in [5, 5.41) is 0.789. The molecule has 0 aliphatic carbocycles. The third kappa shape index (κ3) is 3.20. The highest BCUT2D eigenvalue weighted by molar-refractivity contribution is 7.89. The van der Waals surface area contributed by atoms with Gasteiger partial charge in [0, 0.05) is 30.4 Å². The van der Waals surface area contributed by atoms with Crippen molar-refractivity contribution < 1.29 is 17.2 Å². The molecule has 2 rings (SSSR count).